The topological polar surface area (TPSA) is 35.9 Å². The fraction of sp³-hybridized carbons (Fsp3) is 0.600. The van der Waals surface area contributed by atoms with Crippen molar-refractivity contribution in [3.05, 3.63) is 35.7 Å². The third-order valence-electron chi connectivity index (χ3n) is 5.01. The lowest BCUT2D eigenvalue weighted by Crippen LogP contribution is -2.43. The highest BCUT2D eigenvalue weighted by Gasteiger charge is 2.28. The van der Waals surface area contributed by atoms with E-state index < -0.39 is 0 Å². The largest absolute Gasteiger partial charge is 0.335 e. The Labute approximate surface area is 153 Å². The van der Waals surface area contributed by atoms with Gasteiger partial charge < -0.3 is 9.80 Å². The van der Waals surface area contributed by atoms with E-state index in [2.05, 4.69) is 30.3 Å². The van der Waals surface area contributed by atoms with Gasteiger partial charge in [-0.25, -0.2) is 4.99 Å². The van der Waals surface area contributed by atoms with Crippen molar-refractivity contribution in [2.24, 2.45) is 4.99 Å². The van der Waals surface area contributed by atoms with Crippen LogP contribution in [0.2, 0.25) is 0 Å². The SMILES string of the molecule is BC(=C)/C=C1/N=C(C(=O)N2CCCCCC2C)C=C(CCCC)N1C. The van der Waals surface area contributed by atoms with Crippen molar-refractivity contribution in [3.63, 3.8) is 0 Å². The molecule has 4 nitrogen and oxygen atoms in total. The fourth-order valence-corrected chi connectivity index (χ4v) is 3.41. The van der Waals surface area contributed by atoms with E-state index in [1.807, 2.05) is 31.9 Å². The summed E-state index contributed by atoms with van der Waals surface area (Å²) in [5.41, 5.74) is 2.68. The molecule has 2 rings (SSSR count). The van der Waals surface area contributed by atoms with Crippen molar-refractivity contribution in [1.29, 1.82) is 0 Å². The maximum Gasteiger partial charge on any atom is 0.272 e. The quantitative estimate of drug-likeness (QED) is 0.720. The average Bonchev–Trinajstić information content (AvgIpc) is 2.79. The minimum atomic E-state index is 0.0733. The highest BCUT2D eigenvalue weighted by molar-refractivity contribution is 6.43. The number of allylic oxidation sites excluding steroid dienone is 3. The molecule has 0 spiro atoms. The van der Waals surface area contributed by atoms with Crippen molar-refractivity contribution in [3.8, 4) is 0 Å². The van der Waals surface area contributed by atoms with E-state index in [4.69, 9.17) is 0 Å². The number of aliphatic imine (C=N–C) groups is 1. The number of carbonyl (C=O) groups is 1. The van der Waals surface area contributed by atoms with Gasteiger partial charge in [0.1, 0.15) is 19.4 Å². The first-order valence-electron chi connectivity index (χ1n) is 9.65. The van der Waals surface area contributed by atoms with Gasteiger partial charge in [-0.3, -0.25) is 4.79 Å². The van der Waals surface area contributed by atoms with E-state index >= 15 is 0 Å². The van der Waals surface area contributed by atoms with E-state index in [1.165, 1.54) is 12.8 Å². The molecule has 0 N–H and O–H groups in total. The first-order valence-corrected chi connectivity index (χ1v) is 9.65. The molecule has 0 bridgehead atoms. The molecule has 1 atom stereocenters. The van der Waals surface area contributed by atoms with Crippen LogP contribution in [0.3, 0.4) is 0 Å². The van der Waals surface area contributed by atoms with Crippen molar-refractivity contribution in [1.82, 2.24) is 9.80 Å². The lowest BCUT2D eigenvalue weighted by Gasteiger charge is -2.31. The van der Waals surface area contributed by atoms with E-state index in [0.29, 0.717) is 11.8 Å². The zero-order valence-electron chi connectivity index (χ0n) is 16.3. The van der Waals surface area contributed by atoms with Crippen LogP contribution >= 0.6 is 0 Å². The molecule has 0 radical (unpaired) electrons. The van der Waals surface area contributed by atoms with Gasteiger partial charge >= 0.3 is 0 Å². The van der Waals surface area contributed by atoms with Crippen LogP contribution in [0.4, 0.5) is 0 Å². The Morgan fingerprint density at radius 3 is 2.88 bits per heavy atom. The van der Waals surface area contributed by atoms with Crippen molar-refractivity contribution in [2.75, 3.05) is 13.6 Å². The number of amides is 1. The Kier molecular flexibility index (Phi) is 7.09. The minimum absolute atomic E-state index is 0.0733. The van der Waals surface area contributed by atoms with Crippen LogP contribution in [0.1, 0.15) is 58.8 Å². The molecule has 25 heavy (non-hydrogen) atoms. The molecule has 0 aromatic carbocycles. The molecule has 2 aliphatic heterocycles. The van der Waals surface area contributed by atoms with Crippen LogP contribution in [0.25, 0.3) is 0 Å². The highest BCUT2D eigenvalue weighted by Crippen LogP contribution is 2.24. The zero-order chi connectivity index (χ0) is 18.4. The second kappa shape index (κ2) is 9.07. The Hall–Kier alpha value is -1.78. The Balaban J connectivity index is 2.32. The summed E-state index contributed by atoms with van der Waals surface area (Å²) in [5.74, 6) is 0.885. The summed E-state index contributed by atoms with van der Waals surface area (Å²) in [6.07, 6.45) is 11.7. The number of rotatable bonds is 5. The molecule has 136 valence electrons. The van der Waals surface area contributed by atoms with Crippen LogP contribution in [0, 0.1) is 0 Å². The smallest absolute Gasteiger partial charge is 0.272 e. The Bertz CT molecular complexity index is 606. The number of hydrogen-bond acceptors (Lipinski definition) is 3. The van der Waals surface area contributed by atoms with Gasteiger partial charge in [0, 0.05) is 25.3 Å². The first-order chi connectivity index (χ1) is 11.9. The average molecular weight is 341 g/mol. The molecule has 1 saturated heterocycles. The summed E-state index contributed by atoms with van der Waals surface area (Å²) >= 11 is 0. The van der Waals surface area contributed by atoms with Crippen molar-refractivity contribution in [2.45, 2.75) is 64.8 Å². The molecule has 0 aromatic heterocycles. The number of carbonyl (C=O) groups excluding carboxylic acids is 1. The molecule has 2 heterocycles. The standard InChI is InChI=1S/C20H32BN3O/c1-5-6-11-17-14-18(22-19(23(17)4)13-15(2)21)20(25)24-12-9-7-8-10-16(24)3/h13-14,16H,2,5-12,21H2,1,3-4H3/b19-13-. The van der Waals surface area contributed by atoms with Gasteiger partial charge in [-0.1, -0.05) is 31.7 Å². The van der Waals surface area contributed by atoms with E-state index in [1.54, 1.807) is 0 Å². The Morgan fingerprint density at radius 1 is 1.44 bits per heavy atom. The molecule has 0 aromatic rings. The molecular weight excluding hydrogens is 309 g/mol. The number of nitrogens with zero attached hydrogens (tertiary/aromatic N) is 3. The van der Waals surface area contributed by atoms with Gasteiger partial charge in [-0.05, 0) is 44.8 Å². The number of unbranched alkanes of at least 4 members (excludes halogenated alkanes) is 1. The number of likely N-dealkylation sites (tertiary alicyclic amines) is 1. The van der Waals surface area contributed by atoms with Crippen LogP contribution in [0.15, 0.2) is 40.7 Å². The maximum absolute atomic E-state index is 13.2. The number of hydrogen-bond donors (Lipinski definition) is 0. The highest BCUT2D eigenvalue weighted by atomic mass is 16.2. The van der Waals surface area contributed by atoms with Crippen molar-refractivity contribution >= 4 is 19.5 Å². The lowest BCUT2D eigenvalue weighted by molar-refractivity contribution is -0.125. The normalized spacial score (nSPS) is 23.2. The van der Waals surface area contributed by atoms with Gasteiger partial charge in [0.05, 0.1) is 0 Å². The van der Waals surface area contributed by atoms with Gasteiger partial charge in [0.25, 0.3) is 5.91 Å². The van der Waals surface area contributed by atoms with E-state index in [0.717, 1.165) is 55.6 Å². The molecule has 0 aliphatic carbocycles. The maximum atomic E-state index is 13.2. The predicted molar refractivity (Wildman–Crippen MR) is 108 cm³/mol. The van der Waals surface area contributed by atoms with E-state index in [-0.39, 0.29) is 5.91 Å². The molecule has 1 unspecified atom stereocenters. The summed E-state index contributed by atoms with van der Waals surface area (Å²) in [4.78, 5) is 21.9. The summed E-state index contributed by atoms with van der Waals surface area (Å²) in [6.45, 7) is 9.15. The summed E-state index contributed by atoms with van der Waals surface area (Å²) in [5, 5.41) is 0. The third-order valence-corrected chi connectivity index (χ3v) is 5.01. The molecule has 5 heteroatoms. The van der Waals surface area contributed by atoms with Crippen LogP contribution < -0.4 is 0 Å². The third kappa shape index (κ3) is 5.10. The Morgan fingerprint density at radius 2 is 2.20 bits per heavy atom. The predicted octanol–water partition coefficient (Wildman–Crippen LogP) is 3.23. The zero-order valence-corrected chi connectivity index (χ0v) is 16.3. The van der Waals surface area contributed by atoms with Crippen LogP contribution in [0.5, 0.6) is 0 Å². The lowest BCUT2D eigenvalue weighted by atomic mass is 9.97. The molecule has 1 fully saturated rings. The van der Waals surface area contributed by atoms with Gasteiger partial charge in [-0.15, -0.1) is 6.58 Å². The van der Waals surface area contributed by atoms with Crippen molar-refractivity contribution < 1.29 is 4.79 Å². The molecule has 2 aliphatic rings. The van der Waals surface area contributed by atoms with Gasteiger partial charge in [0.2, 0.25) is 0 Å². The monoisotopic (exact) mass is 341 g/mol. The van der Waals surface area contributed by atoms with Crippen LogP contribution in [-0.4, -0.2) is 48.9 Å². The molecular formula is C20H32BN3O. The summed E-state index contributed by atoms with van der Waals surface area (Å²) in [6, 6.07) is 0.290. The minimum Gasteiger partial charge on any atom is -0.335 e. The van der Waals surface area contributed by atoms with Crippen LogP contribution in [-0.2, 0) is 4.79 Å². The second-order valence-electron chi connectivity index (χ2n) is 7.34. The first kappa shape index (κ1) is 19.5. The molecule has 0 saturated carbocycles. The summed E-state index contributed by atoms with van der Waals surface area (Å²) in [7, 11) is 3.98. The van der Waals surface area contributed by atoms with Gasteiger partial charge in [-0.2, -0.15) is 0 Å². The van der Waals surface area contributed by atoms with Gasteiger partial charge in [0.15, 0.2) is 0 Å². The van der Waals surface area contributed by atoms with E-state index in [9.17, 15) is 4.79 Å². The summed E-state index contributed by atoms with van der Waals surface area (Å²) < 4.78 is 0. The second-order valence-corrected chi connectivity index (χ2v) is 7.34. The molecule has 1 amide bonds. The fourth-order valence-electron chi connectivity index (χ4n) is 3.41.